The Bertz CT molecular complexity index is 1420. The summed E-state index contributed by atoms with van der Waals surface area (Å²) >= 11 is 0. The highest BCUT2D eigenvalue weighted by Crippen LogP contribution is 2.29. The molecule has 1 aliphatic rings. The van der Waals surface area contributed by atoms with Gasteiger partial charge in [-0.3, -0.25) is 9.59 Å². The lowest BCUT2D eigenvalue weighted by Crippen LogP contribution is -2.48. The van der Waals surface area contributed by atoms with E-state index in [9.17, 15) is 24.3 Å². The number of carboxylic acid groups (broad SMARTS) is 1. The van der Waals surface area contributed by atoms with Crippen LogP contribution in [0.25, 0.3) is 11.0 Å². The molecular formula is C30H34N2O7. The minimum absolute atomic E-state index is 0.0915. The lowest BCUT2D eigenvalue weighted by atomic mass is 9.94. The number of benzene rings is 2. The standard InChI is InChI=1S/C30H34N2O7/c1-18-22-9-11-25(38-3)19(2)27(22)39-30(37)23(18)10-12-26(33)32-15-13-21(14-16-32)28(34)31-24(29(35)36)17-20-7-5-4-6-8-20/h4-9,11,21,24H,10,12-17H2,1-3H3,(H,31,34)(H,35,36)/t24-/m1/s1. The topological polar surface area (TPSA) is 126 Å². The van der Waals surface area contributed by atoms with Crippen LogP contribution in [0.15, 0.2) is 51.7 Å². The minimum Gasteiger partial charge on any atom is -0.496 e. The Kier molecular flexibility index (Phi) is 8.69. The third kappa shape index (κ3) is 6.30. The van der Waals surface area contributed by atoms with E-state index in [-0.39, 0.29) is 37.0 Å². The van der Waals surface area contributed by atoms with Crippen LogP contribution in [-0.2, 0) is 27.2 Å². The Morgan fingerprint density at radius 2 is 1.77 bits per heavy atom. The molecule has 3 aromatic rings. The van der Waals surface area contributed by atoms with Crippen molar-refractivity contribution in [1.82, 2.24) is 10.2 Å². The first-order valence-electron chi connectivity index (χ1n) is 13.1. The number of likely N-dealkylation sites (tertiary alicyclic amines) is 1. The fourth-order valence-corrected chi connectivity index (χ4v) is 5.20. The molecule has 0 saturated carbocycles. The Hall–Kier alpha value is -4.14. The average Bonchev–Trinajstić information content (AvgIpc) is 2.93. The van der Waals surface area contributed by atoms with Crippen molar-refractivity contribution < 1.29 is 28.6 Å². The van der Waals surface area contributed by atoms with Crippen molar-refractivity contribution >= 4 is 28.8 Å². The van der Waals surface area contributed by atoms with E-state index in [1.807, 2.05) is 56.3 Å². The van der Waals surface area contributed by atoms with E-state index in [0.29, 0.717) is 42.8 Å². The number of aryl methyl sites for hydroxylation is 2. The number of hydrogen-bond acceptors (Lipinski definition) is 6. The van der Waals surface area contributed by atoms with Gasteiger partial charge in [0, 0.05) is 48.4 Å². The monoisotopic (exact) mass is 534 g/mol. The molecule has 2 heterocycles. The Morgan fingerprint density at radius 1 is 1.08 bits per heavy atom. The zero-order valence-electron chi connectivity index (χ0n) is 22.5. The zero-order chi connectivity index (χ0) is 28.1. The lowest BCUT2D eigenvalue weighted by molar-refractivity contribution is -0.143. The van der Waals surface area contributed by atoms with Gasteiger partial charge < -0.3 is 24.5 Å². The largest absolute Gasteiger partial charge is 0.496 e. The molecule has 9 nitrogen and oxygen atoms in total. The highest BCUT2D eigenvalue weighted by atomic mass is 16.5. The van der Waals surface area contributed by atoms with Gasteiger partial charge >= 0.3 is 11.6 Å². The molecule has 2 amide bonds. The number of hydrogen-bond donors (Lipinski definition) is 2. The van der Waals surface area contributed by atoms with Crippen LogP contribution in [0.4, 0.5) is 0 Å². The highest BCUT2D eigenvalue weighted by Gasteiger charge is 2.30. The molecule has 0 radical (unpaired) electrons. The van der Waals surface area contributed by atoms with E-state index in [1.54, 1.807) is 12.0 Å². The van der Waals surface area contributed by atoms with E-state index >= 15 is 0 Å². The molecule has 1 atom stereocenters. The van der Waals surface area contributed by atoms with E-state index in [4.69, 9.17) is 9.15 Å². The molecule has 9 heteroatoms. The van der Waals surface area contributed by atoms with Crippen molar-refractivity contribution in [1.29, 1.82) is 0 Å². The number of aliphatic carboxylic acids is 1. The van der Waals surface area contributed by atoms with Crippen LogP contribution >= 0.6 is 0 Å². The van der Waals surface area contributed by atoms with Crippen LogP contribution in [0, 0.1) is 19.8 Å². The number of carbonyl (C=O) groups excluding carboxylic acids is 2. The summed E-state index contributed by atoms with van der Waals surface area (Å²) in [6, 6.07) is 11.8. The van der Waals surface area contributed by atoms with Gasteiger partial charge in [0.25, 0.3) is 0 Å². The van der Waals surface area contributed by atoms with E-state index < -0.39 is 17.6 Å². The summed E-state index contributed by atoms with van der Waals surface area (Å²) in [5, 5.41) is 13.1. The molecule has 0 bridgehead atoms. The number of nitrogens with one attached hydrogen (secondary N) is 1. The van der Waals surface area contributed by atoms with Crippen molar-refractivity contribution in [2.75, 3.05) is 20.2 Å². The number of fused-ring (bicyclic) bond motifs is 1. The fraction of sp³-hybridized carbons (Fsp3) is 0.400. The molecule has 4 rings (SSSR count). The number of piperidine rings is 1. The van der Waals surface area contributed by atoms with Crippen molar-refractivity contribution in [2.24, 2.45) is 5.92 Å². The van der Waals surface area contributed by atoms with Gasteiger partial charge in [0.2, 0.25) is 11.8 Å². The molecule has 0 unspecified atom stereocenters. The predicted molar refractivity (Wildman–Crippen MR) is 146 cm³/mol. The molecule has 1 aliphatic heterocycles. The summed E-state index contributed by atoms with van der Waals surface area (Å²) in [4.78, 5) is 51.9. The summed E-state index contributed by atoms with van der Waals surface area (Å²) in [5.41, 5.74) is 2.88. The number of amides is 2. The molecule has 2 N–H and O–H groups in total. The third-order valence-electron chi connectivity index (χ3n) is 7.58. The third-order valence-corrected chi connectivity index (χ3v) is 7.58. The summed E-state index contributed by atoms with van der Waals surface area (Å²) in [5.74, 6) is -1.20. The summed E-state index contributed by atoms with van der Waals surface area (Å²) in [6.07, 6.45) is 1.52. The summed E-state index contributed by atoms with van der Waals surface area (Å²) in [6.45, 7) is 4.49. The van der Waals surface area contributed by atoms with Crippen molar-refractivity contribution in [3.63, 3.8) is 0 Å². The highest BCUT2D eigenvalue weighted by molar-refractivity contribution is 5.86. The number of carbonyl (C=O) groups is 3. The van der Waals surface area contributed by atoms with Gasteiger partial charge in [0.05, 0.1) is 7.11 Å². The fourth-order valence-electron chi connectivity index (χ4n) is 5.20. The Labute approximate surface area is 226 Å². The van der Waals surface area contributed by atoms with Gasteiger partial charge in [-0.1, -0.05) is 30.3 Å². The summed E-state index contributed by atoms with van der Waals surface area (Å²) < 4.78 is 10.9. The first-order chi connectivity index (χ1) is 18.7. The van der Waals surface area contributed by atoms with Gasteiger partial charge in [-0.25, -0.2) is 9.59 Å². The molecule has 1 saturated heterocycles. The number of ether oxygens (including phenoxy) is 1. The SMILES string of the molecule is COc1ccc2c(C)c(CCC(=O)N3CCC(C(=O)N[C@H](Cc4ccccc4)C(=O)O)CC3)c(=O)oc2c1C. The number of methoxy groups -OCH3 is 1. The molecule has 0 spiro atoms. The second-order valence-electron chi connectivity index (χ2n) is 10.0. The first-order valence-corrected chi connectivity index (χ1v) is 13.1. The van der Waals surface area contributed by atoms with Gasteiger partial charge in [-0.05, 0) is 56.4 Å². The quantitative estimate of drug-likeness (QED) is 0.403. The zero-order valence-corrected chi connectivity index (χ0v) is 22.5. The van der Waals surface area contributed by atoms with Gasteiger partial charge in [0.1, 0.15) is 17.4 Å². The molecule has 206 valence electrons. The minimum atomic E-state index is -1.08. The maximum Gasteiger partial charge on any atom is 0.339 e. The predicted octanol–water partition coefficient (Wildman–Crippen LogP) is 3.40. The maximum absolute atomic E-state index is 12.9. The van der Waals surface area contributed by atoms with Crippen LogP contribution in [-0.4, -0.2) is 54.0 Å². The van der Waals surface area contributed by atoms with Gasteiger partial charge in [0.15, 0.2) is 0 Å². The van der Waals surface area contributed by atoms with E-state index in [0.717, 1.165) is 22.1 Å². The average molecular weight is 535 g/mol. The van der Waals surface area contributed by atoms with Crippen molar-refractivity contribution in [2.45, 2.75) is 52.0 Å². The van der Waals surface area contributed by atoms with Crippen LogP contribution in [0.1, 0.15) is 41.5 Å². The number of carboxylic acids is 1. The van der Waals surface area contributed by atoms with Crippen LogP contribution < -0.4 is 15.7 Å². The molecule has 1 fully saturated rings. The maximum atomic E-state index is 12.9. The van der Waals surface area contributed by atoms with E-state index in [2.05, 4.69) is 5.32 Å². The first kappa shape index (κ1) is 27.9. The number of nitrogens with zero attached hydrogens (tertiary/aromatic N) is 1. The lowest BCUT2D eigenvalue weighted by Gasteiger charge is -2.32. The molecule has 1 aromatic heterocycles. The second kappa shape index (κ2) is 12.1. The van der Waals surface area contributed by atoms with Crippen molar-refractivity contribution in [3.8, 4) is 5.75 Å². The molecule has 0 aliphatic carbocycles. The Morgan fingerprint density at radius 3 is 2.41 bits per heavy atom. The normalized spacial score (nSPS) is 14.7. The molecule has 39 heavy (non-hydrogen) atoms. The second-order valence-corrected chi connectivity index (χ2v) is 10.0. The van der Waals surface area contributed by atoms with Gasteiger partial charge in [-0.2, -0.15) is 0 Å². The smallest absolute Gasteiger partial charge is 0.339 e. The molecule has 2 aromatic carbocycles. The van der Waals surface area contributed by atoms with Crippen LogP contribution in [0.5, 0.6) is 5.75 Å². The molecular weight excluding hydrogens is 500 g/mol. The van der Waals surface area contributed by atoms with E-state index in [1.165, 1.54) is 0 Å². The van der Waals surface area contributed by atoms with Crippen molar-refractivity contribution in [3.05, 3.63) is 75.1 Å². The van der Waals surface area contributed by atoms with Gasteiger partial charge in [-0.15, -0.1) is 0 Å². The Balaban J connectivity index is 1.32. The number of rotatable bonds is 9. The van der Waals surface area contributed by atoms with Crippen LogP contribution in [0.2, 0.25) is 0 Å². The summed E-state index contributed by atoms with van der Waals surface area (Å²) in [7, 11) is 1.56. The van der Waals surface area contributed by atoms with Crippen LogP contribution in [0.3, 0.4) is 0 Å².